The molecule has 5 nitrogen and oxygen atoms in total. The van der Waals surface area contributed by atoms with Crippen molar-refractivity contribution in [1.29, 1.82) is 0 Å². The van der Waals surface area contributed by atoms with Gasteiger partial charge in [-0.15, -0.1) is 0 Å². The molecule has 0 aromatic carbocycles. The van der Waals surface area contributed by atoms with E-state index >= 15 is 0 Å². The molecule has 0 bridgehead atoms. The highest BCUT2D eigenvalue weighted by molar-refractivity contribution is 7.99. The average molecular weight is 271 g/mol. The topological polar surface area (TPSA) is 67.2 Å². The van der Waals surface area contributed by atoms with Gasteiger partial charge in [0, 0.05) is 13.1 Å². The molecule has 0 saturated heterocycles. The summed E-state index contributed by atoms with van der Waals surface area (Å²) in [4.78, 5) is 15.8. The highest BCUT2D eigenvalue weighted by Gasteiger charge is 2.10. The van der Waals surface area contributed by atoms with Crippen molar-refractivity contribution >= 4 is 17.7 Å². The fourth-order valence-corrected chi connectivity index (χ4v) is 2.44. The van der Waals surface area contributed by atoms with E-state index in [1.807, 2.05) is 14.0 Å². The van der Waals surface area contributed by atoms with Crippen molar-refractivity contribution in [3.05, 3.63) is 11.9 Å². The second-order valence-electron chi connectivity index (χ2n) is 4.30. The van der Waals surface area contributed by atoms with Crippen molar-refractivity contribution in [3.8, 4) is 0 Å². The lowest BCUT2D eigenvalue weighted by molar-refractivity contribution is -0.119. The Bertz CT molecular complexity index is 393. The molecule has 0 saturated carbocycles. The summed E-state index contributed by atoms with van der Waals surface area (Å²) in [5.41, 5.74) is 0.747. The molecule has 1 heterocycles. The van der Waals surface area contributed by atoms with Crippen molar-refractivity contribution in [2.75, 3.05) is 5.75 Å². The quantitative estimate of drug-likeness (QED) is 0.734. The van der Waals surface area contributed by atoms with E-state index in [0.717, 1.165) is 23.7 Å². The zero-order valence-electron chi connectivity index (χ0n) is 11.1. The molecule has 2 N–H and O–H groups in total. The molecule has 0 spiro atoms. The van der Waals surface area contributed by atoms with Crippen molar-refractivity contribution < 1.29 is 9.90 Å². The molecule has 0 aliphatic rings. The summed E-state index contributed by atoms with van der Waals surface area (Å²) >= 11 is 1.38. The second-order valence-corrected chi connectivity index (χ2v) is 5.24. The van der Waals surface area contributed by atoms with Crippen LogP contribution in [0.25, 0.3) is 0 Å². The van der Waals surface area contributed by atoms with Gasteiger partial charge < -0.3 is 15.0 Å². The van der Waals surface area contributed by atoms with Gasteiger partial charge in [-0.1, -0.05) is 25.1 Å². The highest BCUT2D eigenvalue weighted by Crippen LogP contribution is 2.16. The number of rotatable bonds is 7. The third-order valence-corrected chi connectivity index (χ3v) is 3.71. The molecule has 1 aromatic heterocycles. The number of thioether (sulfide) groups is 1. The van der Waals surface area contributed by atoms with Crippen LogP contribution in [0, 0.1) is 0 Å². The lowest BCUT2D eigenvalue weighted by Crippen LogP contribution is -2.33. The van der Waals surface area contributed by atoms with Gasteiger partial charge in [0.25, 0.3) is 0 Å². The zero-order valence-corrected chi connectivity index (χ0v) is 12.0. The molecular weight excluding hydrogens is 250 g/mol. The largest absolute Gasteiger partial charge is 0.390 e. The minimum atomic E-state index is -0.0379. The van der Waals surface area contributed by atoms with E-state index < -0.39 is 0 Å². The Balaban J connectivity index is 2.40. The van der Waals surface area contributed by atoms with Gasteiger partial charge in [0.15, 0.2) is 5.16 Å². The predicted molar refractivity (Wildman–Crippen MR) is 72.4 cm³/mol. The number of aromatic nitrogens is 2. The first kappa shape index (κ1) is 15.0. The van der Waals surface area contributed by atoms with E-state index in [4.69, 9.17) is 5.11 Å². The maximum absolute atomic E-state index is 11.7. The molecule has 1 rings (SSSR count). The Kier molecular flexibility index (Phi) is 6.21. The van der Waals surface area contributed by atoms with Crippen LogP contribution in [-0.4, -0.2) is 32.4 Å². The van der Waals surface area contributed by atoms with Crippen molar-refractivity contribution in [1.82, 2.24) is 14.9 Å². The Labute approximate surface area is 112 Å². The van der Waals surface area contributed by atoms with Crippen LogP contribution in [0.4, 0.5) is 0 Å². The number of hydrogen-bond acceptors (Lipinski definition) is 4. The van der Waals surface area contributed by atoms with Crippen LogP contribution in [0.3, 0.4) is 0 Å². The number of nitrogens with zero attached hydrogens (tertiary/aromatic N) is 2. The summed E-state index contributed by atoms with van der Waals surface area (Å²) in [5.74, 6) is 0.374. The van der Waals surface area contributed by atoms with E-state index in [9.17, 15) is 4.79 Å². The number of amides is 1. The van der Waals surface area contributed by atoms with Gasteiger partial charge in [-0.2, -0.15) is 0 Å². The first-order valence-corrected chi connectivity index (χ1v) is 7.10. The van der Waals surface area contributed by atoms with Crippen LogP contribution in [0.2, 0.25) is 0 Å². The summed E-state index contributed by atoms with van der Waals surface area (Å²) in [5, 5.41) is 12.7. The maximum atomic E-state index is 11.7. The Hall–Kier alpha value is -1.01. The molecule has 0 fully saturated rings. The van der Waals surface area contributed by atoms with Gasteiger partial charge in [0.05, 0.1) is 24.3 Å². The van der Waals surface area contributed by atoms with E-state index in [1.54, 1.807) is 10.8 Å². The minimum Gasteiger partial charge on any atom is -0.390 e. The SMILES string of the molecule is CCCC(C)NC(=O)CSc1ncc(CO)n1C. The Morgan fingerprint density at radius 3 is 2.94 bits per heavy atom. The standard InChI is InChI=1S/C12H21N3O2S/c1-4-5-9(2)14-11(17)8-18-12-13-6-10(7-16)15(12)3/h6,9,16H,4-5,7-8H2,1-3H3,(H,14,17). The fourth-order valence-electron chi connectivity index (χ4n) is 1.66. The molecular formula is C12H21N3O2S. The molecule has 1 aromatic rings. The number of imidazole rings is 1. The molecule has 0 aliphatic heterocycles. The highest BCUT2D eigenvalue weighted by atomic mass is 32.2. The third kappa shape index (κ3) is 4.34. The summed E-state index contributed by atoms with van der Waals surface area (Å²) < 4.78 is 1.80. The summed E-state index contributed by atoms with van der Waals surface area (Å²) in [7, 11) is 1.83. The summed E-state index contributed by atoms with van der Waals surface area (Å²) in [6.07, 6.45) is 3.68. The van der Waals surface area contributed by atoms with Crippen LogP contribution >= 0.6 is 11.8 Å². The first-order valence-electron chi connectivity index (χ1n) is 6.12. The normalized spacial score (nSPS) is 12.4. The first-order chi connectivity index (χ1) is 8.58. The Morgan fingerprint density at radius 1 is 1.67 bits per heavy atom. The van der Waals surface area contributed by atoms with Crippen molar-refractivity contribution in [3.63, 3.8) is 0 Å². The van der Waals surface area contributed by atoms with Gasteiger partial charge >= 0.3 is 0 Å². The predicted octanol–water partition coefficient (Wildman–Crippen LogP) is 1.31. The number of carbonyl (C=O) groups excluding carboxylic acids is 1. The van der Waals surface area contributed by atoms with Crippen LogP contribution < -0.4 is 5.32 Å². The summed E-state index contributed by atoms with van der Waals surface area (Å²) in [6, 6.07) is 0.220. The molecule has 6 heteroatoms. The molecule has 1 amide bonds. The van der Waals surface area contributed by atoms with Crippen molar-refractivity contribution in [2.24, 2.45) is 7.05 Å². The number of aliphatic hydroxyl groups is 1. The second kappa shape index (κ2) is 7.43. The molecule has 102 valence electrons. The number of aliphatic hydroxyl groups excluding tert-OH is 1. The van der Waals surface area contributed by atoms with Crippen LogP contribution in [0.1, 0.15) is 32.4 Å². The molecule has 1 unspecified atom stereocenters. The van der Waals surface area contributed by atoms with Gasteiger partial charge in [-0.25, -0.2) is 4.98 Å². The van der Waals surface area contributed by atoms with E-state index in [0.29, 0.717) is 5.75 Å². The molecule has 0 radical (unpaired) electrons. The smallest absolute Gasteiger partial charge is 0.230 e. The maximum Gasteiger partial charge on any atom is 0.230 e. The van der Waals surface area contributed by atoms with E-state index in [1.165, 1.54) is 11.8 Å². The molecule has 18 heavy (non-hydrogen) atoms. The van der Waals surface area contributed by atoms with Crippen molar-refractivity contribution in [2.45, 2.75) is 44.5 Å². The van der Waals surface area contributed by atoms with E-state index in [2.05, 4.69) is 17.2 Å². The van der Waals surface area contributed by atoms with Gasteiger partial charge in [0.1, 0.15) is 0 Å². The number of hydrogen-bond donors (Lipinski definition) is 2. The zero-order chi connectivity index (χ0) is 13.5. The lowest BCUT2D eigenvalue weighted by Gasteiger charge is -2.12. The molecule has 1 atom stereocenters. The van der Waals surface area contributed by atoms with Crippen LogP contribution in [-0.2, 0) is 18.4 Å². The summed E-state index contributed by atoms with van der Waals surface area (Å²) in [6.45, 7) is 4.07. The van der Waals surface area contributed by atoms with Crippen LogP contribution in [0.15, 0.2) is 11.4 Å². The number of carbonyl (C=O) groups is 1. The van der Waals surface area contributed by atoms with Crippen LogP contribution in [0.5, 0.6) is 0 Å². The van der Waals surface area contributed by atoms with Gasteiger partial charge in [-0.05, 0) is 13.3 Å². The van der Waals surface area contributed by atoms with E-state index in [-0.39, 0.29) is 18.6 Å². The average Bonchev–Trinajstić information content (AvgIpc) is 2.67. The monoisotopic (exact) mass is 271 g/mol. The minimum absolute atomic E-state index is 0.0227. The lowest BCUT2D eigenvalue weighted by atomic mass is 10.2. The fraction of sp³-hybridized carbons (Fsp3) is 0.667. The number of nitrogens with one attached hydrogen (secondary N) is 1. The van der Waals surface area contributed by atoms with Gasteiger partial charge in [0.2, 0.25) is 5.91 Å². The Morgan fingerprint density at radius 2 is 2.39 bits per heavy atom. The third-order valence-electron chi connectivity index (χ3n) is 2.67. The molecule has 0 aliphatic carbocycles. The van der Waals surface area contributed by atoms with Gasteiger partial charge in [-0.3, -0.25) is 4.79 Å².